The van der Waals surface area contributed by atoms with E-state index in [1.807, 2.05) is 24.3 Å². The quantitative estimate of drug-likeness (QED) is 0.755. The Labute approximate surface area is 165 Å². The maximum absolute atomic E-state index is 9.26. The fourth-order valence-electron chi connectivity index (χ4n) is 3.43. The minimum atomic E-state index is 0.592. The molecule has 0 radical (unpaired) electrons. The Morgan fingerprint density at radius 2 is 1.71 bits per heavy atom. The Morgan fingerprint density at radius 1 is 0.929 bits per heavy atom. The Kier molecular flexibility index (Phi) is 5.07. The van der Waals surface area contributed by atoms with Gasteiger partial charge in [-0.25, -0.2) is 9.97 Å². The Balaban J connectivity index is 1.45. The molecule has 1 N–H and O–H groups in total. The van der Waals surface area contributed by atoms with Crippen LogP contribution < -0.4 is 15.1 Å². The molecule has 140 valence electrons. The van der Waals surface area contributed by atoms with Crippen LogP contribution in [0.3, 0.4) is 0 Å². The Morgan fingerprint density at radius 3 is 2.50 bits per heavy atom. The number of benzene rings is 2. The van der Waals surface area contributed by atoms with Gasteiger partial charge in [0, 0.05) is 37.9 Å². The number of nitrogens with zero attached hydrogens (tertiary/aromatic N) is 5. The van der Waals surface area contributed by atoms with E-state index in [2.05, 4.69) is 62.3 Å². The largest absolute Gasteiger partial charge is 0.368 e. The van der Waals surface area contributed by atoms with Crippen LogP contribution in [0.1, 0.15) is 11.1 Å². The van der Waals surface area contributed by atoms with Crippen LogP contribution in [-0.4, -0.2) is 36.1 Å². The molecular weight excluding hydrogens is 348 g/mol. The summed E-state index contributed by atoms with van der Waals surface area (Å²) >= 11 is 0. The third-order valence-corrected chi connectivity index (χ3v) is 4.93. The molecule has 4 rings (SSSR count). The van der Waals surface area contributed by atoms with Gasteiger partial charge in [-0.1, -0.05) is 24.3 Å². The molecule has 0 aliphatic carbocycles. The maximum Gasteiger partial charge on any atom is 0.135 e. The number of anilines is 4. The summed E-state index contributed by atoms with van der Waals surface area (Å²) < 4.78 is 0. The highest BCUT2D eigenvalue weighted by molar-refractivity contribution is 5.66. The third-order valence-electron chi connectivity index (χ3n) is 4.93. The topological polar surface area (TPSA) is 68.1 Å². The van der Waals surface area contributed by atoms with Crippen molar-refractivity contribution >= 4 is 23.0 Å². The lowest BCUT2D eigenvalue weighted by molar-refractivity contribution is 0.647. The van der Waals surface area contributed by atoms with Gasteiger partial charge in [0.2, 0.25) is 0 Å². The first-order valence-corrected chi connectivity index (χ1v) is 9.38. The molecule has 1 saturated heterocycles. The van der Waals surface area contributed by atoms with Gasteiger partial charge in [0.1, 0.15) is 24.0 Å². The van der Waals surface area contributed by atoms with E-state index >= 15 is 0 Å². The van der Waals surface area contributed by atoms with Gasteiger partial charge in [-0.3, -0.25) is 0 Å². The summed E-state index contributed by atoms with van der Waals surface area (Å²) in [6.45, 7) is 5.83. The molecule has 0 spiro atoms. The van der Waals surface area contributed by atoms with E-state index < -0.39 is 0 Å². The van der Waals surface area contributed by atoms with Crippen LogP contribution in [0.15, 0.2) is 60.9 Å². The van der Waals surface area contributed by atoms with E-state index in [1.165, 1.54) is 11.3 Å². The van der Waals surface area contributed by atoms with E-state index in [9.17, 15) is 5.26 Å². The lowest BCUT2D eigenvalue weighted by Crippen LogP contribution is -2.46. The van der Waals surface area contributed by atoms with Crippen molar-refractivity contribution in [3.8, 4) is 6.07 Å². The lowest BCUT2D eigenvalue weighted by atomic mass is 10.2. The van der Waals surface area contributed by atoms with Crippen LogP contribution in [-0.2, 0) is 0 Å². The fraction of sp³-hybridized carbons (Fsp3) is 0.227. The van der Waals surface area contributed by atoms with Crippen molar-refractivity contribution in [1.82, 2.24) is 9.97 Å². The maximum atomic E-state index is 9.26. The Hall–Kier alpha value is -3.59. The highest BCUT2D eigenvalue weighted by Gasteiger charge is 2.19. The number of hydrogen-bond donors (Lipinski definition) is 1. The highest BCUT2D eigenvalue weighted by Crippen LogP contribution is 2.23. The molecule has 2 aromatic carbocycles. The predicted molar refractivity (Wildman–Crippen MR) is 112 cm³/mol. The van der Waals surface area contributed by atoms with Crippen LogP contribution in [0.5, 0.6) is 0 Å². The number of aryl methyl sites for hydroxylation is 1. The van der Waals surface area contributed by atoms with Gasteiger partial charge < -0.3 is 15.1 Å². The van der Waals surface area contributed by atoms with E-state index in [0.717, 1.165) is 37.7 Å². The summed E-state index contributed by atoms with van der Waals surface area (Å²) in [7, 11) is 0. The molecule has 1 aliphatic rings. The molecule has 1 aliphatic heterocycles. The first-order chi connectivity index (χ1) is 13.7. The molecule has 2 heterocycles. The van der Waals surface area contributed by atoms with Crippen molar-refractivity contribution in [3.05, 3.63) is 72.1 Å². The van der Waals surface area contributed by atoms with Crippen LogP contribution in [0.4, 0.5) is 23.0 Å². The van der Waals surface area contributed by atoms with Gasteiger partial charge in [-0.2, -0.15) is 5.26 Å². The SMILES string of the molecule is Cc1cccc(N2CCN(c3cc(Nc4ccccc4C#N)ncn3)CC2)c1. The van der Waals surface area contributed by atoms with Gasteiger partial charge in [0.15, 0.2) is 0 Å². The van der Waals surface area contributed by atoms with Crippen molar-refractivity contribution in [2.75, 3.05) is 41.3 Å². The zero-order chi connectivity index (χ0) is 19.3. The minimum Gasteiger partial charge on any atom is -0.368 e. The number of para-hydroxylation sites is 1. The van der Waals surface area contributed by atoms with Gasteiger partial charge in [-0.15, -0.1) is 0 Å². The summed E-state index contributed by atoms with van der Waals surface area (Å²) in [5.41, 5.74) is 3.90. The van der Waals surface area contributed by atoms with Gasteiger partial charge >= 0.3 is 0 Å². The lowest BCUT2D eigenvalue weighted by Gasteiger charge is -2.36. The summed E-state index contributed by atoms with van der Waals surface area (Å²) in [5.74, 6) is 1.59. The van der Waals surface area contributed by atoms with Crippen molar-refractivity contribution < 1.29 is 0 Å². The molecule has 0 unspecified atom stereocenters. The number of aromatic nitrogens is 2. The average Bonchev–Trinajstić information content (AvgIpc) is 2.74. The van der Waals surface area contributed by atoms with Crippen LogP contribution in [0, 0.1) is 18.3 Å². The van der Waals surface area contributed by atoms with Gasteiger partial charge in [0.25, 0.3) is 0 Å². The van der Waals surface area contributed by atoms with Crippen LogP contribution in [0.2, 0.25) is 0 Å². The van der Waals surface area contributed by atoms with E-state index in [4.69, 9.17) is 0 Å². The number of rotatable bonds is 4. The summed E-state index contributed by atoms with van der Waals surface area (Å²) in [6, 6.07) is 20.2. The second-order valence-electron chi connectivity index (χ2n) is 6.86. The monoisotopic (exact) mass is 370 g/mol. The zero-order valence-electron chi connectivity index (χ0n) is 15.8. The van der Waals surface area contributed by atoms with E-state index in [-0.39, 0.29) is 0 Å². The van der Waals surface area contributed by atoms with Crippen molar-refractivity contribution in [1.29, 1.82) is 5.26 Å². The predicted octanol–water partition coefficient (Wildman–Crippen LogP) is 3.73. The second kappa shape index (κ2) is 7.97. The number of piperazine rings is 1. The molecule has 0 atom stereocenters. The van der Waals surface area contributed by atoms with Gasteiger partial charge in [0.05, 0.1) is 11.3 Å². The number of nitriles is 1. The Bertz CT molecular complexity index is 1000. The molecule has 1 aromatic heterocycles. The molecule has 3 aromatic rings. The van der Waals surface area contributed by atoms with Gasteiger partial charge in [-0.05, 0) is 36.8 Å². The third kappa shape index (κ3) is 3.89. The minimum absolute atomic E-state index is 0.592. The van der Waals surface area contributed by atoms with Crippen LogP contribution in [0.25, 0.3) is 0 Å². The van der Waals surface area contributed by atoms with Crippen molar-refractivity contribution in [2.45, 2.75) is 6.92 Å². The zero-order valence-corrected chi connectivity index (χ0v) is 15.8. The molecule has 6 heteroatoms. The standard InChI is InChI=1S/C22H22N6/c1-17-5-4-7-19(13-17)27-9-11-28(12-10-27)22-14-21(24-16-25-22)26-20-8-3-2-6-18(20)15-23/h2-8,13-14,16H,9-12H2,1H3,(H,24,25,26). The summed E-state index contributed by atoms with van der Waals surface area (Å²) in [6.07, 6.45) is 1.57. The summed E-state index contributed by atoms with van der Waals surface area (Å²) in [5, 5.41) is 12.5. The van der Waals surface area contributed by atoms with Crippen molar-refractivity contribution in [2.24, 2.45) is 0 Å². The van der Waals surface area contributed by atoms with E-state index in [0.29, 0.717) is 11.4 Å². The first kappa shape index (κ1) is 17.8. The van der Waals surface area contributed by atoms with Crippen LogP contribution >= 0.6 is 0 Å². The smallest absolute Gasteiger partial charge is 0.135 e. The molecule has 0 saturated carbocycles. The summed E-state index contributed by atoms with van der Waals surface area (Å²) in [4.78, 5) is 13.4. The molecular formula is C22H22N6. The fourth-order valence-corrected chi connectivity index (χ4v) is 3.43. The number of hydrogen-bond acceptors (Lipinski definition) is 6. The molecule has 28 heavy (non-hydrogen) atoms. The molecule has 0 amide bonds. The molecule has 0 bridgehead atoms. The molecule has 6 nitrogen and oxygen atoms in total. The molecule has 1 fully saturated rings. The van der Waals surface area contributed by atoms with Crippen molar-refractivity contribution in [3.63, 3.8) is 0 Å². The normalized spacial score (nSPS) is 13.9. The second-order valence-corrected chi connectivity index (χ2v) is 6.86. The number of nitrogens with one attached hydrogen (secondary N) is 1. The highest BCUT2D eigenvalue weighted by atomic mass is 15.3. The average molecular weight is 370 g/mol. The first-order valence-electron chi connectivity index (χ1n) is 9.38. The van der Waals surface area contributed by atoms with E-state index in [1.54, 1.807) is 12.4 Å².